The third-order valence-electron chi connectivity index (χ3n) is 14.7. The van der Waals surface area contributed by atoms with Crippen LogP contribution in [-0.2, 0) is 75.2 Å². The lowest BCUT2D eigenvalue weighted by molar-refractivity contribution is -0.136. The molecule has 2 aromatic carbocycles. The number of primary amides is 1. The molecule has 0 saturated heterocycles. The Hall–Kier alpha value is -10.1. The number of carbonyl (C=O) groups excluding carboxylic acids is 13. The summed E-state index contributed by atoms with van der Waals surface area (Å²) in [5, 5.41) is 53.2. The number of nitrogens with two attached hydrogens (primary N) is 7. The standard InChI is InChI=1S/C62H102N22O15/c1-36(76-49(89)34-75-60(99)51(38(3)86)84-58(97)45(30-40-18-8-5-9-19-40)78-50(90)33-74-48(88)32-73-47(87)31-70-29-24-39-16-6-4-7-17-39)53(92)80-44(23-15-28-72-62(68)69)56(95)82-42(21-11-13-26-64)57(96)83-46(35-85)59(98)77-37(2)54(93)81-43(22-14-27-71-61(66)67)55(94)79-41(52(65)91)20-10-12-25-63/h4-9,16-19,36-38,41-46,51,70,85-86H,10-15,20-35,63-64H2,1-3H3,(H2,65,91)(H,73,87)(H,74,88)(H,75,99)(H,76,89)(H,77,98)(H,78,90)(H,79,94)(H,80,92)(H,81,93)(H,82,95)(H,83,96)(H,84,97)(H4,66,67,71)(H4,68,69,72)/t36-,37-,38+,41-,42-,43-,44-,45-,46-,51+/m0/s1. The van der Waals surface area contributed by atoms with Gasteiger partial charge in [-0.05, 0) is 122 Å². The molecule has 37 heteroatoms. The van der Waals surface area contributed by atoms with E-state index in [0.29, 0.717) is 44.3 Å². The number of nitrogens with zero attached hydrogens (tertiary/aromatic N) is 2. The number of nitrogens with one attached hydrogen (secondary N) is 13. The Morgan fingerprint density at radius 1 is 0.414 bits per heavy atom. The maximum Gasteiger partial charge on any atom is 0.245 e. The van der Waals surface area contributed by atoms with Gasteiger partial charge in [-0.15, -0.1) is 0 Å². The van der Waals surface area contributed by atoms with Crippen molar-refractivity contribution < 1.29 is 72.5 Å². The van der Waals surface area contributed by atoms with Gasteiger partial charge in [0, 0.05) is 19.5 Å². The van der Waals surface area contributed by atoms with Crippen LogP contribution in [0.3, 0.4) is 0 Å². The molecule has 29 N–H and O–H groups in total. The largest absolute Gasteiger partial charge is 0.394 e. The molecule has 0 fully saturated rings. The van der Waals surface area contributed by atoms with E-state index in [-0.39, 0.29) is 89.5 Å². The smallest absolute Gasteiger partial charge is 0.245 e. The van der Waals surface area contributed by atoms with Gasteiger partial charge >= 0.3 is 0 Å². The predicted octanol–water partition coefficient (Wildman–Crippen LogP) is -8.96. The van der Waals surface area contributed by atoms with Crippen molar-refractivity contribution >= 4 is 88.7 Å². The summed E-state index contributed by atoms with van der Waals surface area (Å²) in [6.07, 6.45) is 0.750. The summed E-state index contributed by atoms with van der Waals surface area (Å²) in [5.41, 5.74) is 40.3. The van der Waals surface area contributed by atoms with Gasteiger partial charge in [0.15, 0.2) is 11.9 Å². The van der Waals surface area contributed by atoms with E-state index in [1.165, 1.54) is 20.8 Å². The van der Waals surface area contributed by atoms with E-state index in [1.807, 2.05) is 30.3 Å². The van der Waals surface area contributed by atoms with Crippen molar-refractivity contribution in [2.24, 2.45) is 50.1 Å². The first-order valence-electron chi connectivity index (χ1n) is 32.5. The van der Waals surface area contributed by atoms with Crippen LogP contribution in [0.25, 0.3) is 0 Å². The van der Waals surface area contributed by atoms with E-state index in [1.54, 1.807) is 30.3 Å². The summed E-state index contributed by atoms with van der Waals surface area (Å²) in [4.78, 5) is 181. The lowest BCUT2D eigenvalue weighted by Crippen LogP contribution is -2.60. The van der Waals surface area contributed by atoms with E-state index in [2.05, 4.69) is 79.1 Å². The second-order valence-electron chi connectivity index (χ2n) is 23.1. The molecule has 0 heterocycles. The van der Waals surface area contributed by atoms with Crippen LogP contribution in [0.1, 0.15) is 96.1 Å². The van der Waals surface area contributed by atoms with Gasteiger partial charge in [-0.2, -0.15) is 0 Å². The third kappa shape index (κ3) is 36.2. The first kappa shape index (κ1) is 85.0. The summed E-state index contributed by atoms with van der Waals surface area (Å²) in [5.74, 6) is -11.8. The predicted molar refractivity (Wildman–Crippen MR) is 365 cm³/mol. The Labute approximate surface area is 574 Å². The molecule has 0 aromatic heterocycles. The highest BCUT2D eigenvalue weighted by molar-refractivity contribution is 5.99. The van der Waals surface area contributed by atoms with E-state index >= 15 is 0 Å². The molecular formula is C62H102N22O15. The number of hydrogen-bond acceptors (Lipinski definition) is 20. The fourth-order valence-electron chi connectivity index (χ4n) is 9.23. The molecule has 99 heavy (non-hydrogen) atoms. The number of unbranched alkanes of at least 4 members (excludes halogenated alkanes) is 2. The van der Waals surface area contributed by atoms with Crippen LogP contribution in [0.2, 0.25) is 0 Å². The highest BCUT2D eigenvalue weighted by Crippen LogP contribution is 2.10. The molecule has 13 amide bonds. The zero-order valence-corrected chi connectivity index (χ0v) is 56.2. The fourth-order valence-corrected chi connectivity index (χ4v) is 9.23. The van der Waals surface area contributed by atoms with Crippen LogP contribution < -0.4 is 109 Å². The number of aliphatic imine (C=N–C) groups is 2. The average Bonchev–Trinajstić information content (AvgIpc) is 0.891. The first-order valence-corrected chi connectivity index (χ1v) is 32.5. The minimum atomic E-state index is -1.73. The topological polar surface area (TPSA) is 626 Å². The third-order valence-corrected chi connectivity index (χ3v) is 14.7. The second kappa shape index (κ2) is 47.7. The molecule has 0 aliphatic rings. The maximum absolute atomic E-state index is 14.1. The molecule has 2 rings (SSSR count). The number of rotatable bonds is 49. The van der Waals surface area contributed by atoms with Crippen molar-refractivity contribution in [3.05, 3.63) is 71.8 Å². The van der Waals surface area contributed by atoms with E-state index in [0.717, 1.165) is 5.56 Å². The molecule has 37 nitrogen and oxygen atoms in total. The molecule has 0 aliphatic carbocycles. The monoisotopic (exact) mass is 1390 g/mol. The molecule has 0 saturated carbocycles. The minimum Gasteiger partial charge on any atom is -0.394 e. The number of aliphatic hydroxyl groups excluding tert-OH is 2. The summed E-state index contributed by atoms with van der Waals surface area (Å²) in [6, 6.07) is 5.10. The average molecular weight is 1400 g/mol. The second-order valence-corrected chi connectivity index (χ2v) is 23.1. The lowest BCUT2D eigenvalue weighted by Gasteiger charge is -2.26. The van der Waals surface area contributed by atoms with E-state index in [9.17, 15) is 72.5 Å². The van der Waals surface area contributed by atoms with Gasteiger partial charge in [-0.3, -0.25) is 72.3 Å². The summed E-state index contributed by atoms with van der Waals surface area (Å²) >= 11 is 0. The number of benzene rings is 2. The van der Waals surface area contributed by atoms with Gasteiger partial charge in [0.1, 0.15) is 54.4 Å². The fraction of sp³-hybridized carbons (Fsp3) is 0.565. The van der Waals surface area contributed by atoms with Crippen LogP contribution >= 0.6 is 0 Å². The van der Waals surface area contributed by atoms with Crippen LogP contribution in [-0.4, -0.2) is 225 Å². The quantitative estimate of drug-likeness (QED) is 0.0166. The zero-order chi connectivity index (χ0) is 73.8. The van der Waals surface area contributed by atoms with Crippen molar-refractivity contribution in [3.8, 4) is 0 Å². The van der Waals surface area contributed by atoms with Gasteiger partial charge in [0.05, 0.1) is 38.9 Å². The van der Waals surface area contributed by atoms with Crippen molar-refractivity contribution in [2.45, 2.75) is 158 Å². The van der Waals surface area contributed by atoms with E-state index < -0.39 is 164 Å². The van der Waals surface area contributed by atoms with Crippen LogP contribution in [0.15, 0.2) is 70.6 Å². The van der Waals surface area contributed by atoms with Crippen molar-refractivity contribution in [3.63, 3.8) is 0 Å². The summed E-state index contributed by atoms with van der Waals surface area (Å²) < 4.78 is 0. The molecule has 0 spiro atoms. The highest BCUT2D eigenvalue weighted by atomic mass is 16.3. The zero-order valence-electron chi connectivity index (χ0n) is 56.2. The lowest BCUT2D eigenvalue weighted by atomic mass is 10.0. The number of amides is 13. The molecular weight excluding hydrogens is 1290 g/mol. The summed E-state index contributed by atoms with van der Waals surface area (Å²) in [6.45, 7) is 1.80. The summed E-state index contributed by atoms with van der Waals surface area (Å²) in [7, 11) is 0. The highest BCUT2D eigenvalue weighted by Gasteiger charge is 2.34. The number of guanidine groups is 2. The Bertz CT molecular complexity index is 2990. The number of carbonyl (C=O) groups is 13. The Balaban J connectivity index is 2.15. The number of aliphatic hydroxyl groups is 2. The van der Waals surface area contributed by atoms with Crippen LogP contribution in [0.4, 0.5) is 0 Å². The number of hydrogen-bond donors (Lipinski definition) is 22. The SMILES string of the molecule is C[C@H](NC(=O)CNC(=O)[C@H](NC(=O)[C@H](Cc1ccccc1)NC(=O)CNC(=O)CNC(=O)CNCCc1ccccc1)[C@@H](C)O)C(=O)N[C@@H](CCCN=C(N)N)C(=O)N[C@@H](CCCCN)C(=O)N[C@@H](CO)C(=O)N[C@@H](C)C(=O)N[C@@H](CCCN=C(N)N)C(=O)N[C@@H](CCCCN)C(N)=O. The Morgan fingerprint density at radius 3 is 1.30 bits per heavy atom. The van der Waals surface area contributed by atoms with Crippen molar-refractivity contribution in [1.29, 1.82) is 0 Å². The maximum atomic E-state index is 14.1. The van der Waals surface area contributed by atoms with Gasteiger partial charge in [0.25, 0.3) is 0 Å². The van der Waals surface area contributed by atoms with Gasteiger partial charge in [-0.25, -0.2) is 0 Å². The van der Waals surface area contributed by atoms with Gasteiger partial charge in [-0.1, -0.05) is 60.7 Å². The Morgan fingerprint density at radius 2 is 0.818 bits per heavy atom. The molecule has 10 atom stereocenters. The minimum absolute atomic E-state index is 0.0226. The first-order chi connectivity index (χ1) is 47.1. The molecule has 2 aromatic rings. The van der Waals surface area contributed by atoms with Crippen molar-refractivity contribution in [2.75, 3.05) is 65.5 Å². The van der Waals surface area contributed by atoms with Crippen LogP contribution in [0, 0.1) is 0 Å². The normalized spacial score (nSPS) is 13.8. The van der Waals surface area contributed by atoms with Crippen LogP contribution in [0.5, 0.6) is 0 Å². The molecule has 550 valence electrons. The molecule has 0 radical (unpaired) electrons. The van der Waals surface area contributed by atoms with Gasteiger partial charge in [0.2, 0.25) is 76.8 Å². The van der Waals surface area contributed by atoms with Gasteiger partial charge < -0.3 is 119 Å². The molecule has 0 aliphatic heterocycles. The van der Waals surface area contributed by atoms with E-state index in [4.69, 9.17) is 40.1 Å². The molecule has 0 unspecified atom stereocenters. The Kier molecular flexibility index (Phi) is 41.0. The molecule has 0 bridgehead atoms. The van der Waals surface area contributed by atoms with Crippen molar-refractivity contribution in [1.82, 2.24) is 69.1 Å².